The maximum atomic E-state index is 13.1. The highest BCUT2D eigenvalue weighted by Crippen LogP contribution is 2.27. The van der Waals surface area contributed by atoms with Crippen molar-refractivity contribution in [2.45, 2.75) is 5.16 Å². The highest BCUT2D eigenvalue weighted by atomic mass is 35.5. The normalized spacial score (nSPS) is 10.8. The Bertz CT molecular complexity index is 1330. The first-order chi connectivity index (χ1) is 15.5. The summed E-state index contributed by atoms with van der Waals surface area (Å²) in [6, 6.07) is 13.9. The van der Waals surface area contributed by atoms with E-state index in [1.165, 1.54) is 41.9 Å². The number of thioether (sulfide) groups is 1. The number of thiophene rings is 1. The quantitative estimate of drug-likeness (QED) is 0.296. The van der Waals surface area contributed by atoms with Gasteiger partial charge in [-0.2, -0.15) is 0 Å². The molecule has 0 saturated heterocycles. The largest absolute Gasteiger partial charge is 0.497 e. The Kier molecular flexibility index (Phi) is 6.69. The number of hydrogen-bond donors (Lipinski definition) is 1. The molecule has 0 saturated carbocycles. The molecule has 0 bridgehead atoms. The predicted molar refractivity (Wildman–Crippen MR) is 129 cm³/mol. The van der Waals surface area contributed by atoms with Crippen molar-refractivity contribution in [1.29, 1.82) is 0 Å². The average Bonchev–Trinajstić information content (AvgIpc) is 3.26. The van der Waals surface area contributed by atoms with Crippen LogP contribution >= 0.6 is 34.7 Å². The molecule has 4 aromatic rings. The number of benzene rings is 2. The smallest absolute Gasteiger partial charge is 0.276 e. The van der Waals surface area contributed by atoms with Gasteiger partial charge in [0.1, 0.15) is 16.2 Å². The molecule has 2 aromatic heterocycles. The molecule has 2 heterocycles. The second-order valence-electron chi connectivity index (χ2n) is 6.59. The first kappa shape index (κ1) is 22.2. The van der Waals surface area contributed by atoms with E-state index >= 15 is 0 Å². The zero-order chi connectivity index (χ0) is 22.7. The van der Waals surface area contributed by atoms with Crippen molar-refractivity contribution in [2.24, 2.45) is 0 Å². The van der Waals surface area contributed by atoms with Crippen LogP contribution in [-0.2, 0) is 4.79 Å². The van der Waals surface area contributed by atoms with Gasteiger partial charge in [-0.15, -0.1) is 11.3 Å². The summed E-state index contributed by atoms with van der Waals surface area (Å²) in [6.07, 6.45) is 0. The van der Waals surface area contributed by atoms with Gasteiger partial charge in [-0.25, -0.2) is 4.98 Å². The number of amides is 1. The Balaban J connectivity index is 1.61. The van der Waals surface area contributed by atoms with E-state index in [-0.39, 0.29) is 17.2 Å². The number of carbonyl (C=O) groups is 1. The lowest BCUT2D eigenvalue weighted by molar-refractivity contribution is -0.113. The Morgan fingerprint density at radius 2 is 1.91 bits per heavy atom. The molecule has 4 rings (SSSR count). The molecular weight excluding hydrogens is 470 g/mol. The average molecular weight is 488 g/mol. The Labute approximate surface area is 197 Å². The zero-order valence-electron chi connectivity index (χ0n) is 17.1. The van der Waals surface area contributed by atoms with Crippen LogP contribution in [0.3, 0.4) is 0 Å². The minimum Gasteiger partial charge on any atom is -0.497 e. The number of hydrogen-bond acceptors (Lipinski definition) is 7. The summed E-state index contributed by atoms with van der Waals surface area (Å²) in [5, 5.41) is 5.55. The summed E-state index contributed by atoms with van der Waals surface area (Å²) in [5.41, 5.74) is 1.53. The van der Waals surface area contributed by atoms with E-state index in [9.17, 15) is 9.59 Å². The number of anilines is 1. The van der Waals surface area contributed by atoms with E-state index in [0.29, 0.717) is 43.3 Å². The molecule has 32 heavy (non-hydrogen) atoms. The molecule has 0 aliphatic rings. The monoisotopic (exact) mass is 487 g/mol. The molecule has 1 amide bonds. The van der Waals surface area contributed by atoms with Gasteiger partial charge in [0, 0.05) is 28.9 Å². The molecule has 0 spiro atoms. The van der Waals surface area contributed by atoms with Crippen molar-refractivity contribution in [2.75, 3.05) is 25.3 Å². The summed E-state index contributed by atoms with van der Waals surface area (Å²) in [4.78, 5) is 30.4. The summed E-state index contributed by atoms with van der Waals surface area (Å²) in [6.45, 7) is 0. The topological polar surface area (TPSA) is 82.5 Å². The van der Waals surface area contributed by atoms with Crippen molar-refractivity contribution in [3.63, 3.8) is 0 Å². The van der Waals surface area contributed by atoms with E-state index in [1.807, 2.05) is 5.38 Å². The molecule has 1 N–H and O–H groups in total. The van der Waals surface area contributed by atoms with Crippen LogP contribution in [0.15, 0.2) is 63.9 Å². The summed E-state index contributed by atoms with van der Waals surface area (Å²) >= 11 is 8.63. The maximum Gasteiger partial charge on any atom is 0.276 e. The van der Waals surface area contributed by atoms with Crippen LogP contribution in [0, 0.1) is 0 Å². The molecule has 7 nitrogen and oxygen atoms in total. The molecule has 0 fully saturated rings. The minimum atomic E-state index is -0.261. The van der Waals surface area contributed by atoms with E-state index in [4.69, 9.17) is 21.1 Å². The van der Waals surface area contributed by atoms with Gasteiger partial charge in [0.15, 0.2) is 5.16 Å². The summed E-state index contributed by atoms with van der Waals surface area (Å²) in [7, 11) is 3.08. The van der Waals surface area contributed by atoms with Crippen molar-refractivity contribution in [3.05, 3.63) is 69.3 Å². The van der Waals surface area contributed by atoms with Crippen LogP contribution in [0.1, 0.15) is 0 Å². The van der Waals surface area contributed by atoms with Gasteiger partial charge >= 0.3 is 0 Å². The predicted octanol–water partition coefficient (Wildman–Crippen LogP) is 4.85. The molecule has 0 radical (unpaired) electrons. The minimum absolute atomic E-state index is 0.0438. The van der Waals surface area contributed by atoms with Gasteiger partial charge in [-0.3, -0.25) is 14.2 Å². The number of methoxy groups -OCH3 is 2. The van der Waals surface area contributed by atoms with E-state index < -0.39 is 0 Å². The zero-order valence-corrected chi connectivity index (χ0v) is 19.5. The standard InChI is InChI=1S/C22H18ClN3O4S2/c1-29-16-9-14(10-17(11-16)30-2)24-19(27)12-32-22-25-18-6-7-31-20(18)21(28)26(22)15-5-3-4-13(23)8-15/h3-11H,12H2,1-2H3,(H,24,27). The lowest BCUT2D eigenvalue weighted by Crippen LogP contribution is -2.22. The lowest BCUT2D eigenvalue weighted by atomic mass is 10.2. The fraction of sp³-hybridized carbons (Fsp3) is 0.136. The molecule has 164 valence electrons. The van der Waals surface area contributed by atoms with Crippen LogP contribution in [0.4, 0.5) is 5.69 Å². The van der Waals surface area contributed by atoms with E-state index in [1.54, 1.807) is 48.5 Å². The Morgan fingerprint density at radius 3 is 2.59 bits per heavy atom. The fourth-order valence-corrected chi connectivity index (χ4v) is 4.80. The number of aromatic nitrogens is 2. The molecule has 0 atom stereocenters. The molecule has 0 aliphatic heterocycles. The highest BCUT2D eigenvalue weighted by Gasteiger charge is 2.16. The molecular formula is C22H18ClN3O4S2. The first-order valence-corrected chi connectivity index (χ1v) is 11.6. The van der Waals surface area contributed by atoms with E-state index in [2.05, 4.69) is 10.3 Å². The number of halogens is 1. The molecule has 0 unspecified atom stereocenters. The molecule has 2 aromatic carbocycles. The lowest BCUT2D eigenvalue weighted by Gasteiger charge is -2.13. The van der Waals surface area contributed by atoms with Crippen LogP contribution in [0.2, 0.25) is 5.02 Å². The summed E-state index contributed by atoms with van der Waals surface area (Å²) < 4.78 is 12.5. The molecule has 0 aliphatic carbocycles. The van der Waals surface area contributed by atoms with Gasteiger partial charge in [0.25, 0.3) is 5.56 Å². The van der Waals surface area contributed by atoms with Crippen LogP contribution < -0.4 is 20.3 Å². The van der Waals surface area contributed by atoms with Crippen LogP contribution in [0.5, 0.6) is 11.5 Å². The number of nitrogens with one attached hydrogen (secondary N) is 1. The third kappa shape index (κ3) is 4.74. The Hall–Kier alpha value is -3.01. The second kappa shape index (κ2) is 9.64. The number of rotatable bonds is 7. The van der Waals surface area contributed by atoms with Crippen LogP contribution in [-0.4, -0.2) is 35.4 Å². The maximum absolute atomic E-state index is 13.1. The SMILES string of the molecule is COc1cc(NC(=O)CSc2nc3ccsc3c(=O)n2-c2cccc(Cl)c2)cc(OC)c1. The van der Waals surface area contributed by atoms with Gasteiger partial charge in [-0.1, -0.05) is 29.4 Å². The van der Waals surface area contributed by atoms with Crippen molar-refractivity contribution in [3.8, 4) is 17.2 Å². The van der Waals surface area contributed by atoms with Gasteiger partial charge < -0.3 is 14.8 Å². The number of carbonyl (C=O) groups excluding carboxylic acids is 1. The first-order valence-electron chi connectivity index (χ1n) is 9.40. The third-order valence-corrected chi connectivity index (χ3v) is 6.55. The number of ether oxygens (including phenoxy) is 2. The second-order valence-corrected chi connectivity index (χ2v) is 8.88. The fourth-order valence-electron chi connectivity index (χ4n) is 3.04. The van der Waals surface area contributed by atoms with Crippen molar-refractivity contribution >= 4 is 56.5 Å². The van der Waals surface area contributed by atoms with E-state index in [0.717, 1.165) is 0 Å². The number of fused-ring (bicyclic) bond motifs is 1. The van der Waals surface area contributed by atoms with Gasteiger partial charge in [0.05, 0.1) is 31.2 Å². The summed E-state index contributed by atoms with van der Waals surface area (Å²) in [5.74, 6) is 0.906. The Morgan fingerprint density at radius 1 is 1.16 bits per heavy atom. The third-order valence-electron chi connectivity index (χ3n) is 4.48. The highest BCUT2D eigenvalue weighted by molar-refractivity contribution is 7.99. The van der Waals surface area contributed by atoms with Crippen molar-refractivity contribution in [1.82, 2.24) is 9.55 Å². The van der Waals surface area contributed by atoms with Crippen molar-refractivity contribution < 1.29 is 14.3 Å². The van der Waals surface area contributed by atoms with Crippen LogP contribution in [0.25, 0.3) is 15.9 Å². The van der Waals surface area contributed by atoms with Gasteiger partial charge in [-0.05, 0) is 29.6 Å². The molecule has 10 heteroatoms. The number of nitrogens with zero attached hydrogens (tertiary/aromatic N) is 2. The van der Waals surface area contributed by atoms with Gasteiger partial charge in [0.2, 0.25) is 5.91 Å².